The minimum absolute atomic E-state index is 0.122. The molecule has 7 heteroatoms. The number of morpholine rings is 1. The summed E-state index contributed by atoms with van der Waals surface area (Å²) in [6.45, 7) is 0.800. The number of carbonyl (C=O) groups excluding carboxylic acids is 2. The molecule has 1 aliphatic heterocycles. The maximum absolute atomic E-state index is 13.2. The summed E-state index contributed by atoms with van der Waals surface area (Å²) in [5, 5.41) is 2.71. The first-order chi connectivity index (χ1) is 16.0. The Hall–Kier alpha value is -3.58. The van der Waals surface area contributed by atoms with Crippen molar-refractivity contribution < 1.29 is 18.7 Å². The molecule has 0 spiro atoms. The quantitative estimate of drug-likeness (QED) is 0.631. The SMILES string of the molecule is CNC(=O)C1(Cc2cccc(-c3ccncc3)c2)CN(C(=O)Cc2ccc(F)cc2)CCO1. The topological polar surface area (TPSA) is 71.5 Å². The Morgan fingerprint density at radius 2 is 1.82 bits per heavy atom. The lowest BCUT2D eigenvalue weighted by atomic mass is 9.89. The first kappa shape index (κ1) is 22.6. The molecule has 0 aliphatic carbocycles. The van der Waals surface area contributed by atoms with Crippen LogP contribution < -0.4 is 5.32 Å². The lowest BCUT2D eigenvalue weighted by molar-refractivity contribution is -0.165. The van der Waals surface area contributed by atoms with E-state index in [1.54, 1.807) is 36.5 Å². The molecule has 33 heavy (non-hydrogen) atoms. The van der Waals surface area contributed by atoms with E-state index in [4.69, 9.17) is 4.74 Å². The first-order valence-electron chi connectivity index (χ1n) is 10.9. The highest BCUT2D eigenvalue weighted by Gasteiger charge is 2.44. The number of halogens is 1. The molecule has 1 atom stereocenters. The Balaban J connectivity index is 1.55. The summed E-state index contributed by atoms with van der Waals surface area (Å²) in [6, 6.07) is 17.7. The fourth-order valence-electron chi connectivity index (χ4n) is 4.17. The van der Waals surface area contributed by atoms with Gasteiger partial charge in [-0.15, -0.1) is 0 Å². The third-order valence-corrected chi connectivity index (χ3v) is 5.88. The van der Waals surface area contributed by atoms with Crippen LogP contribution in [0.3, 0.4) is 0 Å². The molecular weight excluding hydrogens is 421 g/mol. The Morgan fingerprint density at radius 1 is 1.06 bits per heavy atom. The molecule has 170 valence electrons. The van der Waals surface area contributed by atoms with Gasteiger partial charge in [-0.25, -0.2) is 4.39 Å². The molecule has 6 nitrogen and oxygen atoms in total. The summed E-state index contributed by atoms with van der Waals surface area (Å²) in [5.74, 6) is -0.731. The second-order valence-electron chi connectivity index (χ2n) is 8.15. The lowest BCUT2D eigenvalue weighted by Gasteiger charge is -2.41. The zero-order valence-electron chi connectivity index (χ0n) is 18.5. The average molecular weight is 448 g/mol. The molecule has 0 saturated carbocycles. The highest BCUT2D eigenvalue weighted by Crippen LogP contribution is 2.27. The van der Waals surface area contributed by atoms with Gasteiger partial charge in [0.05, 0.1) is 19.6 Å². The standard InChI is InChI=1S/C26H26FN3O3/c1-28-25(32)26(17-20-3-2-4-22(15-20)21-9-11-29-12-10-21)18-30(13-14-33-26)24(31)16-19-5-7-23(27)8-6-19/h2-12,15H,13-14,16-18H2,1H3,(H,28,32). The molecule has 1 N–H and O–H groups in total. The minimum Gasteiger partial charge on any atom is -0.361 e. The number of ether oxygens (including phenoxy) is 1. The number of pyridine rings is 1. The van der Waals surface area contributed by atoms with Gasteiger partial charge >= 0.3 is 0 Å². The maximum Gasteiger partial charge on any atom is 0.254 e. The Labute approximate surface area is 192 Å². The summed E-state index contributed by atoms with van der Waals surface area (Å²) >= 11 is 0. The van der Waals surface area contributed by atoms with Gasteiger partial charge in [0.2, 0.25) is 5.91 Å². The first-order valence-corrected chi connectivity index (χ1v) is 10.9. The highest BCUT2D eigenvalue weighted by atomic mass is 19.1. The molecule has 1 aliphatic rings. The lowest BCUT2D eigenvalue weighted by Crippen LogP contribution is -2.61. The van der Waals surface area contributed by atoms with Gasteiger partial charge in [-0.2, -0.15) is 0 Å². The Bertz CT molecular complexity index is 1120. The van der Waals surface area contributed by atoms with Crippen molar-refractivity contribution in [2.24, 2.45) is 0 Å². The van der Waals surface area contributed by atoms with Crippen LogP contribution in [0.5, 0.6) is 0 Å². The van der Waals surface area contributed by atoms with Crippen molar-refractivity contribution in [3.63, 3.8) is 0 Å². The molecule has 4 rings (SSSR count). The molecule has 2 aromatic carbocycles. The summed E-state index contributed by atoms with van der Waals surface area (Å²) in [4.78, 5) is 31.7. The van der Waals surface area contributed by atoms with Crippen LogP contribution in [0.1, 0.15) is 11.1 Å². The molecule has 2 heterocycles. The molecule has 2 amide bonds. The van der Waals surface area contributed by atoms with Crippen LogP contribution in [0.2, 0.25) is 0 Å². The summed E-state index contributed by atoms with van der Waals surface area (Å²) in [5.41, 5.74) is 2.51. The van der Waals surface area contributed by atoms with E-state index in [0.29, 0.717) is 13.0 Å². The largest absolute Gasteiger partial charge is 0.361 e. The molecule has 1 aromatic heterocycles. The number of nitrogens with zero attached hydrogens (tertiary/aromatic N) is 2. The number of hydrogen-bond donors (Lipinski definition) is 1. The van der Waals surface area contributed by atoms with Crippen LogP contribution in [0.15, 0.2) is 73.1 Å². The molecule has 1 saturated heterocycles. The molecule has 1 unspecified atom stereocenters. The minimum atomic E-state index is -1.19. The van der Waals surface area contributed by atoms with Crippen molar-refractivity contribution in [1.82, 2.24) is 15.2 Å². The number of nitrogens with one attached hydrogen (secondary N) is 1. The van der Waals surface area contributed by atoms with Crippen LogP contribution >= 0.6 is 0 Å². The zero-order chi connectivity index (χ0) is 23.3. The molecule has 3 aromatic rings. The van der Waals surface area contributed by atoms with Gasteiger partial charge in [0.15, 0.2) is 5.60 Å². The number of rotatable bonds is 6. The second kappa shape index (κ2) is 9.92. The molecule has 0 radical (unpaired) electrons. The van der Waals surface area contributed by atoms with E-state index in [9.17, 15) is 14.0 Å². The van der Waals surface area contributed by atoms with E-state index < -0.39 is 5.60 Å². The predicted molar refractivity (Wildman–Crippen MR) is 123 cm³/mol. The second-order valence-corrected chi connectivity index (χ2v) is 8.15. The van der Waals surface area contributed by atoms with E-state index in [2.05, 4.69) is 10.3 Å². The zero-order valence-corrected chi connectivity index (χ0v) is 18.5. The number of carbonyl (C=O) groups is 2. The van der Waals surface area contributed by atoms with E-state index >= 15 is 0 Å². The monoisotopic (exact) mass is 447 g/mol. The Kier molecular flexibility index (Phi) is 6.79. The number of hydrogen-bond acceptors (Lipinski definition) is 4. The van der Waals surface area contributed by atoms with Gasteiger partial charge in [-0.3, -0.25) is 14.6 Å². The fraction of sp³-hybridized carbons (Fsp3) is 0.269. The highest BCUT2D eigenvalue weighted by molar-refractivity contribution is 5.87. The molecule has 0 bridgehead atoms. The van der Waals surface area contributed by atoms with Crippen LogP contribution in [0.25, 0.3) is 11.1 Å². The van der Waals surface area contributed by atoms with Crippen LogP contribution in [-0.4, -0.2) is 54.0 Å². The third-order valence-electron chi connectivity index (χ3n) is 5.88. The number of amides is 2. The van der Waals surface area contributed by atoms with Crippen LogP contribution in [-0.2, 0) is 27.2 Å². The normalized spacial score (nSPS) is 18.1. The third kappa shape index (κ3) is 5.26. The predicted octanol–water partition coefficient (Wildman–Crippen LogP) is 3.02. The van der Waals surface area contributed by atoms with Gasteiger partial charge in [0.1, 0.15) is 5.82 Å². The van der Waals surface area contributed by atoms with Crippen molar-refractivity contribution in [3.05, 3.63) is 90.0 Å². The fourth-order valence-corrected chi connectivity index (χ4v) is 4.17. The van der Waals surface area contributed by atoms with Crippen LogP contribution in [0.4, 0.5) is 4.39 Å². The van der Waals surface area contributed by atoms with E-state index in [0.717, 1.165) is 22.3 Å². The maximum atomic E-state index is 13.2. The van der Waals surface area contributed by atoms with Crippen molar-refractivity contribution in [3.8, 4) is 11.1 Å². The summed E-state index contributed by atoms with van der Waals surface area (Å²) in [6.07, 6.45) is 3.94. The number of aromatic nitrogens is 1. The van der Waals surface area contributed by atoms with Gasteiger partial charge in [-0.1, -0.05) is 36.4 Å². The molecular formula is C26H26FN3O3. The number of likely N-dealkylation sites (N-methyl/N-ethyl adjacent to an activating group) is 1. The van der Waals surface area contributed by atoms with E-state index in [1.165, 1.54) is 12.1 Å². The van der Waals surface area contributed by atoms with Gasteiger partial charge in [-0.05, 0) is 46.5 Å². The Morgan fingerprint density at radius 3 is 2.55 bits per heavy atom. The summed E-state index contributed by atoms with van der Waals surface area (Å²) < 4.78 is 19.2. The van der Waals surface area contributed by atoms with Crippen LogP contribution in [0, 0.1) is 5.82 Å². The van der Waals surface area contributed by atoms with Crippen molar-refractivity contribution in [2.45, 2.75) is 18.4 Å². The van der Waals surface area contributed by atoms with Gasteiger partial charge in [0, 0.05) is 32.4 Å². The number of benzene rings is 2. The molecule has 1 fully saturated rings. The van der Waals surface area contributed by atoms with Crippen molar-refractivity contribution in [2.75, 3.05) is 26.7 Å². The summed E-state index contributed by atoms with van der Waals surface area (Å²) in [7, 11) is 1.57. The van der Waals surface area contributed by atoms with Crippen molar-refractivity contribution >= 4 is 11.8 Å². The van der Waals surface area contributed by atoms with E-state index in [1.807, 2.05) is 36.4 Å². The van der Waals surface area contributed by atoms with Gasteiger partial charge in [0.25, 0.3) is 5.91 Å². The van der Waals surface area contributed by atoms with Crippen molar-refractivity contribution in [1.29, 1.82) is 0 Å². The average Bonchev–Trinajstić information content (AvgIpc) is 2.85. The smallest absolute Gasteiger partial charge is 0.254 e. The van der Waals surface area contributed by atoms with Gasteiger partial charge < -0.3 is 15.0 Å². The van der Waals surface area contributed by atoms with E-state index in [-0.39, 0.29) is 37.2 Å².